The van der Waals surface area contributed by atoms with Gasteiger partial charge < -0.3 is 32.2 Å². The number of carbonyl (C=O) groups excluding carboxylic acids is 3. The van der Waals surface area contributed by atoms with Crippen LogP contribution in [-0.2, 0) is 94.0 Å². The van der Waals surface area contributed by atoms with E-state index >= 15 is 0 Å². The van der Waals surface area contributed by atoms with Gasteiger partial charge in [0.1, 0.15) is 17.6 Å². The Hall–Kier alpha value is -0.0422. The molecule has 6 fully saturated rings. The molecule has 0 aromatic heterocycles. The van der Waals surface area contributed by atoms with Crippen LogP contribution in [0.4, 0.5) is 0 Å². The number of rotatable bonds is 0. The minimum Gasteiger partial charge on any atom is -0.431 e. The maximum Gasteiger partial charge on any atom is 0.315 e. The quantitative estimate of drug-likeness (QED) is 0.146. The second kappa shape index (κ2) is 11.8. The van der Waals surface area contributed by atoms with Gasteiger partial charge in [-0.05, 0) is 19.3 Å². The van der Waals surface area contributed by atoms with Crippen LogP contribution in [0.1, 0.15) is 91.9 Å². The Labute approximate surface area is 317 Å². The fourth-order valence-corrected chi connectivity index (χ4v) is 10.7. The molecule has 11 atom stereocenters. The Kier molecular flexibility index (Phi) is 9.12. The fraction of sp³-hybridized carbons (Fsp3) is 0.694. The molecule has 3 saturated carbocycles. The predicted octanol–water partition coefficient (Wildman–Crippen LogP) is 5.72. The van der Waals surface area contributed by atoms with E-state index in [0.29, 0.717) is 12.8 Å². The molecule has 0 amide bonds. The van der Waals surface area contributed by atoms with E-state index in [1.54, 1.807) is 0 Å². The number of allylic oxidation sites excluding steroid dienone is 5. The van der Waals surface area contributed by atoms with Crippen LogP contribution < -0.4 is 0 Å². The normalized spacial score (nSPS) is 48.3. The van der Waals surface area contributed by atoms with Gasteiger partial charge in [-0.3, -0.25) is 14.4 Å². The summed E-state index contributed by atoms with van der Waals surface area (Å²) in [6.45, 7) is 8.76. The number of hydrogen-bond acceptors (Lipinski definition) is 7. The van der Waals surface area contributed by atoms with Crippen molar-refractivity contribution in [2.75, 3.05) is 0 Å². The third kappa shape index (κ3) is 4.88. The van der Waals surface area contributed by atoms with Gasteiger partial charge in [0.15, 0.2) is 5.78 Å². The molecule has 3 saturated heterocycles. The molecule has 6 aliphatic carbocycles. The first-order valence-corrected chi connectivity index (χ1v) is 16.5. The molecule has 3 aliphatic heterocycles. The van der Waals surface area contributed by atoms with E-state index in [9.17, 15) is 19.5 Å². The summed E-state index contributed by atoms with van der Waals surface area (Å²) >= 11 is 0. The van der Waals surface area contributed by atoms with E-state index in [1.807, 2.05) is 12.2 Å². The summed E-state index contributed by atoms with van der Waals surface area (Å²) in [6, 6.07) is 0. The smallest absolute Gasteiger partial charge is 0.315 e. The van der Waals surface area contributed by atoms with Gasteiger partial charge in [-0.15, -0.1) is 10.8 Å². The first-order valence-electron chi connectivity index (χ1n) is 16.5. The summed E-state index contributed by atoms with van der Waals surface area (Å²) in [6.07, 6.45) is 17.0. The summed E-state index contributed by atoms with van der Waals surface area (Å²) in [5.74, 6) is 1.42. The molecule has 1 N–H and O–H groups in total. The van der Waals surface area contributed by atoms with E-state index in [1.165, 1.54) is 11.1 Å². The van der Waals surface area contributed by atoms with Crippen LogP contribution >= 0.6 is 0 Å². The van der Waals surface area contributed by atoms with E-state index < -0.39 is 11.5 Å². The molecule has 0 aromatic rings. The first-order chi connectivity index (χ1) is 20.4. The monoisotopic (exact) mass is 766 g/mol. The molecule has 0 bridgehead atoms. The number of esters is 2. The number of aliphatic hydroxyl groups excluding tert-OH is 1. The van der Waals surface area contributed by atoms with Gasteiger partial charge in [-0.25, -0.2) is 0 Å². The van der Waals surface area contributed by atoms with Gasteiger partial charge in [0.2, 0.25) is 0 Å². The van der Waals surface area contributed by atoms with Crippen LogP contribution in [0.3, 0.4) is 0 Å². The van der Waals surface area contributed by atoms with E-state index in [-0.39, 0.29) is 135 Å². The van der Waals surface area contributed by atoms with Crippen LogP contribution in [0.5, 0.6) is 0 Å². The van der Waals surface area contributed by atoms with Crippen LogP contribution in [0.15, 0.2) is 34.8 Å². The van der Waals surface area contributed by atoms with Gasteiger partial charge in [0, 0.05) is 94.5 Å². The second-order valence-corrected chi connectivity index (χ2v) is 15.6. The van der Waals surface area contributed by atoms with Crippen molar-refractivity contribution in [2.24, 2.45) is 45.3 Å². The molecule has 3 heterocycles. The maximum absolute atomic E-state index is 12.6. The molecule has 11 unspecified atom stereocenters. The first kappa shape index (κ1) is 34.8. The number of aliphatic hydroxyl groups is 1. The average Bonchev–Trinajstić information content (AvgIpc) is 3.55. The van der Waals surface area contributed by atoms with Crippen LogP contribution in [0.25, 0.3) is 0 Å². The maximum atomic E-state index is 12.6. The van der Waals surface area contributed by atoms with Crippen LogP contribution in [-0.4, -0.2) is 41.1 Å². The third-order valence-corrected chi connectivity index (χ3v) is 13.6. The summed E-state index contributed by atoms with van der Waals surface area (Å²) in [7, 11) is 0. The standard InChI is InChI=1S/C18H21O4.C18H23O3.2Y/c1-17-6-3-4-9(17)13-10(5-7-17)18(2)11(16(20)22-13)8-12(19)14-15(18)21-14;1-17-9-4-6-11(17)15-12(8-10-17)18(2)13(16(20)21-15)5-3-7-14(18)19;;/h6,10-11,14-15H,3-5,7-8H2,1-2H3;3,7,9,12-14,19H,4-6,8,10H2,1-2H3;;/q2*-1;;. The second-order valence-electron chi connectivity index (χ2n) is 15.6. The summed E-state index contributed by atoms with van der Waals surface area (Å²) in [5, 5.41) is 10.6. The molecule has 9 aliphatic rings. The van der Waals surface area contributed by atoms with Crippen molar-refractivity contribution in [3.05, 3.63) is 47.7 Å². The minimum atomic E-state index is -0.556. The zero-order chi connectivity index (χ0) is 30.1. The zero-order valence-electron chi connectivity index (χ0n) is 27.0. The van der Waals surface area contributed by atoms with Crippen molar-refractivity contribution in [1.29, 1.82) is 0 Å². The largest absolute Gasteiger partial charge is 0.431 e. The van der Waals surface area contributed by atoms with Crippen molar-refractivity contribution in [3.8, 4) is 0 Å². The number of Topliss-reactive ketones (excluding diaryl/α,β-unsaturated/α-hetero) is 1. The van der Waals surface area contributed by atoms with Gasteiger partial charge in [0.25, 0.3) is 0 Å². The van der Waals surface area contributed by atoms with Crippen LogP contribution in [0, 0.1) is 58.2 Å². The Morgan fingerprint density at radius 1 is 0.778 bits per heavy atom. The Balaban J connectivity index is 0.000000152. The minimum absolute atomic E-state index is 0. The summed E-state index contributed by atoms with van der Waals surface area (Å²) in [4.78, 5) is 37.2. The van der Waals surface area contributed by atoms with Gasteiger partial charge >= 0.3 is 11.9 Å². The summed E-state index contributed by atoms with van der Waals surface area (Å²) < 4.78 is 17.4. The topological polar surface area (TPSA) is 102 Å². The number of carbonyl (C=O) groups is 3. The summed E-state index contributed by atoms with van der Waals surface area (Å²) in [5.41, 5.74) is 2.17. The average molecular weight is 767 g/mol. The molecule has 7 nitrogen and oxygen atoms in total. The fourth-order valence-electron chi connectivity index (χ4n) is 10.7. The van der Waals surface area contributed by atoms with E-state index in [0.717, 1.165) is 62.9 Å². The molecule has 238 valence electrons. The Morgan fingerprint density at radius 2 is 1.31 bits per heavy atom. The van der Waals surface area contributed by atoms with Crippen molar-refractivity contribution in [1.82, 2.24) is 0 Å². The van der Waals surface area contributed by atoms with E-state index in [4.69, 9.17) is 14.2 Å². The molecular formula is C36H44O7Y2-2. The number of epoxide rings is 1. The van der Waals surface area contributed by atoms with E-state index in [2.05, 4.69) is 40.5 Å². The van der Waals surface area contributed by atoms with Gasteiger partial charge in [-0.2, -0.15) is 12.8 Å². The zero-order valence-corrected chi connectivity index (χ0v) is 32.6. The molecule has 9 rings (SSSR count). The van der Waals surface area contributed by atoms with Crippen molar-refractivity contribution in [2.45, 2.75) is 110 Å². The molecule has 9 heteroatoms. The van der Waals surface area contributed by atoms with Gasteiger partial charge in [-0.1, -0.05) is 76.7 Å². The number of ketones is 1. The number of fused-ring (bicyclic) bond motifs is 10. The van der Waals surface area contributed by atoms with Crippen molar-refractivity contribution < 1.29 is 99.1 Å². The molecule has 0 spiro atoms. The molecule has 45 heavy (non-hydrogen) atoms. The molecule has 0 aromatic carbocycles. The SMILES string of the molecule is CC12[CH-]CCC1=C1OC(=O)C3CC(=O)C4OC4C3(C)C1CC2.CC12[CH-]CCC1=C1OC(=O)C3CC=CC(O)C3(C)C1CC2.[Y].[Y]. The van der Waals surface area contributed by atoms with Crippen molar-refractivity contribution in [3.63, 3.8) is 0 Å². The number of ether oxygens (including phenoxy) is 3. The molecular weight excluding hydrogens is 722 g/mol. The van der Waals surface area contributed by atoms with Crippen LogP contribution in [0.2, 0.25) is 0 Å². The number of hydrogen-bond donors (Lipinski definition) is 1. The Bertz CT molecular complexity index is 1420. The third-order valence-electron chi connectivity index (χ3n) is 13.6. The predicted molar refractivity (Wildman–Crippen MR) is 156 cm³/mol. The Morgan fingerprint density at radius 3 is 1.89 bits per heavy atom. The molecule has 2 radical (unpaired) electrons. The van der Waals surface area contributed by atoms with Gasteiger partial charge in [0.05, 0.1) is 24.0 Å². The van der Waals surface area contributed by atoms with Crippen molar-refractivity contribution >= 4 is 17.7 Å².